The first kappa shape index (κ1) is 12.2. The summed E-state index contributed by atoms with van der Waals surface area (Å²) in [7, 11) is 0. The number of aliphatic carboxylic acids is 1. The highest BCUT2D eigenvalue weighted by atomic mass is 16.4. The summed E-state index contributed by atoms with van der Waals surface area (Å²) in [6, 6.07) is 8.42. The Hall–Kier alpha value is -2.30. The molecule has 1 fully saturated rings. The number of nitrogens with zero attached hydrogens (tertiary/aromatic N) is 1. The van der Waals surface area contributed by atoms with Gasteiger partial charge < -0.3 is 20.1 Å². The Morgan fingerprint density at radius 3 is 2.72 bits per heavy atom. The molecule has 2 rings (SSSR count). The van der Waals surface area contributed by atoms with Crippen LogP contribution in [0.15, 0.2) is 36.2 Å². The van der Waals surface area contributed by atoms with E-state index in [1.165, 1.54) is 0 Å². The minimum atomic E-state index is -1.13. The molecule has 94 valence electrons. The predicted octanol–water partition coefficient (Wildman–Crippen LogP) is 0.542. The molecule has 1 unspecified atom stereocenters. The van der Waals surface area contributed by atoms with Gasteiger partial charge in [-0.2, -0.15) is 0 Å². The topological polar surface area (TPSA) is 69.6 Å². The fourth-order valence-corrected chi connectivity index (χ4v) is 1.92. The first-order valence-electron chi connectivity index (χ1n) is 5.68. The molecule has 0 aliphatic carbocycles. The summed E-state index contributed by atoms with van der Waals surface area (Å²) < 4.78 is 0. The van der Waals surface area contributed by atoms with E-state index in [-0.39, 0.29) is 0 Å². The van der Waals surface area contributed by atoms with Gasteiger partial charge in [0.1, 0.15) is 5.82 Å². The van der Waals surface area contributed by atoms with Crippen LogP contribution in [-0.2, 0) is 9.59 Å². The highest BCUT2D eigenvalue weighted by molar-refractivity contribution is 5.91. The van der Waals surface area contributed by atoms with Crippen LogP contribution in [0.1, 0.15) is 5.56 Å². The average Bonchev–Trinajstić information content (AvgIpc) is 2.79. The molecule has 18 heavy (non-hydrogen) atoms. The quantitative estimate of drug-likeness (QED) is 0.599. The van der Waals surface area contributed by atoms with Crippen molar-refractivity contribution in [1.29, 1.82) is 0 Å². The third-order valence-corrected chi connectivity index (χ3v) is 2.79. The summed E-state index contributed by atoms with van der Waals surface area (Å²) in [5.74, 6) is -0.464. The summed E-state index contributed by atoms with van der Waals surface area (Å²) in [5.41, 5.74) is 0.960. The van der Waals surface area contributed by atoms with Gasteiger partial charge in [0, 0.05) is 13.1 Å². The van der Waals surface area contributed by atoms with Gasteiger partial charge >= 0.3 is 5.97 Å². The van der Waals surface area contributed by atoms with Crippen LogP contribution < -0.4 is 5.32 Å². The van der Waals surface area contributed by atoms with Crippen molar-refractivity contribution in [3.8, 4) is 0 Å². The van der Waals surface area contributed by atoms with E-state index in [1.807, 2.05) is 36.4 Å². The van der Waals surface area contributed by atoms with Gasteiger partial charge in [-0.3, -0.25) is 0 Å². The smallest absolute Gasteiger partial charge is 0.333 e. The number of carboxylic acid groups (broad SMARTS) is 1. The number of rotatable bonds is 4. The molecule has 5 heteroatoms. The Morgan fingerprint density at radius 1 is 1.39 bits per heavy atom. The molecule has 0 radical (unpaired) electrons. The molecule has 0 bridgehead atoms. The van der Waals surface area contributed by atoms with E-state index >= 15 is 0 Å². The molecule has 1 aliphatic heterocycles. The van der Waals surface area contributed by atoms with E-state index in [2.05, 4.69) is 5.32 Å². The molecule has 1 atom stereocenters. The third kappa shape index (κ3) is 2.51. The molecule has 0 amide bonds. The van der Waals surface area contributed by atoms with Crippen molar-refractivity contribution in [2.75, 3.05) is 13.1 Å². The van der Waals surface area contributed by atoms with Crippen molar-refractivity contribution >= 4 is 18.3 Å². The van der Waals surface area contributed by atoms with Crippen LogP contribution in [0.25, 0.3) is 6.08 Å². The van der Waals surface area contributed by atoms with Gasteiger partial charge in [0.25, 0.3) is 0 Å². The van der Waals surface area contributed by atoms with E-state index in [0.717, 1.165) is 5.56 Å². The minimum absolute atomic E-state index is 0.453. The lowest BCUT2D eigenvalue weighted by molar-refractivity contribution is -0.144. The van der Waals surface area contributed by atoms with Crippen molar-refractivity contribution in [3.63, 3.8) is 0 Å². The number of hydrogen-bond donors (Lipinski definition) is 2. The fraction of sp³-hybridized carbons (Fsp3) is 0.231. The van der Waals surface area contributed by atoms with Gasteiger partial charge in [-0.15, -0.1) is 0 Å². The molecule has 1 aliphatic rings. The van der Waals surface area contributed by atoms with Crippen molar-refractivity contribution < 1.29 is 14.7 Å². The first-order chi connectivity index (χ1) is 8.72. The normalized spacial score (nSPS) is 18.4. The maximum absolute atomic E-state index is 11.0. The predicted molar refractivity (Wildman–Crippen MR) is 66.6 cm³/mol. The maximum atomic E-state index is 11.0. The number of hydrogen-bond acceptors (Lipinski definition) is 4. The molecule has 2 N–H and O–H groups in total. The molecular formula is C13H14N2O3. The minimum Gasteiger partial charge on any atom is -0.479 e. The van der Waals surface area contributed by atoms with Crippen LogP contribution in [-0.4, -0.2) is 41.4 Å². The van der Waals surface area contributed by atoms with Crippen molar-refractivity contribution in [1.82, 2.24) is 10.2 Å². The number of aldehydes is 1. The van der Waals surface area contributed by atoms with Gasteiger partial charge in [-0.05, 0) is 11.6 Å². The lowest BCUT2D eigenvalue weighted by atomic mass is 10.2. The standard InChI is InChI=1S/C13H14N2O3/c16-9-11(13(17)18)15-7-6-14-12(15)8-10-4-2-1-3-5-10/h1-5,8-9,11,14H,6-7H2,(H,17,18). The molecule has 1 aromatic carbocycles. The zero-order chi connectivity index (χ0) is 13.0. The van der Waals surface area contributed by atoms with Gasteiger partial charge in [0.15, 0.2) is 12.3 Å². The molecule has 5 nitrogen and oxygen atoms in total. The van der Waals surface area contributed by atoms with Crippen LogP contribution in [0.5, 0.6) is 0 Å². The van der Waals surface area contributed by atoms with Gasteiger partial charge in [-0.25, -0.2) is 4.79 Å². The van der Waals surface area contributed by atoms with Crippen molar-refractivity contribution in [2.45, 2.75) is 6.04 Å². The number of benzene rings is 1. The van der Waals surface area contributed by atoms with Gasteiger partial charge in [0.2, 0.25) is 0 Å². The van der Waals surface area contributed by atoms with Crippen LogP contribution in [0.2, 0.25) is 0 Å². The van der Waals surface area contributed by atoms with Gasteiger partial charge in [0.05, 0.1) is 0 Å². The van der Waals surface area contributed by atoms with Crippen LogP contribution in [0.4, 0.5) is 0 Å². The first-order valence-corrected chi connectivity index (χ1v) is 5.68. The number of carbonyl (C=O) groups excluding carboxylic acids is 1. The summed E-state index contributed by atoms with van der Waals surface area (Å²) in [6.07, 6.45) is 2.29. The molecule has 1 saturated heterocycles. The maximum Gasteiger partial charge on any atom is 0.333 e. The average molecular weight is 246 g/mol. The molecule has 1 heterocycles. The second-order valence-corrected chi connectivity index (χ2v) is 3.98. The Morgan fingerprint density at radius 2 is 2.11 bits per heavy atom. The molecule has 1 aromatic rings. The van der Waals surface area contributed by atoms with Crippen LogP contribution in [0.3, 0.4) is 0 Å². The van der Waals surface area contributed by atoms with Gasteiger partial charge in [-0.1, -0.05) is 30.3 Å². The van der Waals surface area contributed by atoms with E-state index in [1.54, 1.807) is 4.90 Å². The third-order valence-electron chi connectivity index (χ3n) is 2.79. The van der Waals surface area contributed by atoms with E-state index in [4.69, 9.17) is 5.11 Å². The largest absolute Gasteiger partial charge is 0.479 e. The summed E-state index contributed by atoms with van der Waals surface area (Å²) in [4.78, 5) is 23.4. The summed E-state index contributed by atoms with van der Waals surface area (Å²) in [5, 5.41) is 12.1. The zero-order valence-corrected chi connectivity index (χ0v) is 9.74. The highest BCUT2D eigenvalue weighted by Crippen LogP contribution is 2.15. The number of nitrogens with one attached hydrogen (secondary N) is 1. The van der Waals surface area contributed by atoms with Crippen LogP contribution in [0, 0.1) is 0 Å². The Labute approximate surface area is 105 Å². The number of carboxylic acids is 1. The van der Waals surface area contributed by atoms with E-state index < -0.39 is 12.0 Å². The Kier molecular flexibility index (Phi) is 3.62. The van der Waals surface area contributed by atoms with Crippen molar-refractivity contribution in [2.24, 2.45) is 0 Å². The highest BCUT2D eigenvalue weighted by Gasteiger charge is 2.29. The van der Waals surface area contributed by atoms with E-state index in [9.17, 15) is 9.59 Å². The Bertz CT molecular complexity index is 470. The molecule has 0 saturated carbocycles. The van der Waals surface area contributed by atoms with Crippen molar-refractivity contribution in [3.05, 3.63) is 41.7 Å². The lowest BCUT2D eigenvalue weighted by Gasteiger charge is -2.22. The van der Waals surface area contributed by atoms with E-state index in [0.29, 0.717) is 25.2 Å². The van der Waals surface area contributed by atoms with Crippen LogP contribution >= 0.6 is 0 Å². The monoisotopic (exact) mass is 246 g/mol. The number of carbonyl (C=O) groups is 2. The summed E-state index contributed by atoms with van der Waals surface area (Å²) in [6.45, 7) is 1.14. The zero-order valence-electron chi connectivity index (χ0n) is 9.74. The second kappa shape index (κ2) is 5.35. The summed E-state index contributed by atoms with van der Waals surface area (Å²) >= 11 is 0. The molecule has 0 aromatic heterocycles. The molecular weight excluding hydrogens is 232 g/mol. The SMILES string of the molecule is O=CC(C(=O)O)N1CCNC1=Cc1ccccc1. The second-order valence-electron chi connectivity index (χ2n) is 3.98. The molecule has 0 spiro atoms. The lowest BCUT2D eigenvalue weighted by Crippen LogP contribution is -2.40. The fourth-order valence-electron chi connectivity index (χ4n) is 1.92. The Balaban J connectivity index is 2.24.